The highest BCUT2D eigenvalue weighted by atomic mass is 79.9. The SMILES string of the molecule is CNCC1CCN(C(=O)c2c(C)c3cc(Br)ccc3oc2=O)CC1. The molecule has 24 heavy (non-hydrogen) atoms. The molecule has 0 bridgehead atoms. The lowest BCUT2D eigenvalue weighted by Gasteiger charge is -2.32. The second-order valence-electron chi connectivity index (χ2n) is 6.32. The molecule has 1 amide bonds. The lowest BCUT2D eigenvalue weighted by Crippen LogP contribution is -2.42. The average molecular weight is 393 g/mol. The molecule has 6 heteroatoms. The standard InChI is InChI=1S/C18H21BrN2O3/c1-11-14-9-13(19)3-4-15(14)24-18(23)16(11)17(22)21-7-5-12(6-8-21)10-20-2/h3-4,9,12,20H,5-8,10H2,1-2H3. The van der Waals surface area contributed by atoms with Crippen LogP contribution in [0.15, 0.2) is 31.9 Å². The fraction of sp³-hybridized carbons (Fsp3) is 0.444. The van der Waals surface area contributed by atoms with Crippen LogP contribution >= 0.6 is 15.9 Å². The maximum atomic E-state index is 12.9. The average Bonchev–Trinajstić information content (AvgIpc) is 2.56. The van der Waals surface area contributed by atoms with Crippen LogP contribution < -0.4 is 10.9 Å². The molecule has 128 valence electrons. The van der Waals surface area contributed by atoms with E-state index in [0.717, 1.165) is 29.2 Å². The number of rotatable bonds is 3. The first-order chi connectivity index (χ1) is 11.5. The maximum Gasteiger partial charge on any atom is 0.349 e. The van der Waals surface area contributed by atoms with Gasteiger partial charge in [0, 0.05) is 22.9 Å². The van der Waals surface area contributed by atoms with Crippen molar-refractivity contribution in [3.8, 4) is 0 Å². The van der Waals surface area contributed by atoms with Crippen molar-refractivity contribution >= 4 is 32.8 Å². The Kier molecular flexibility index (Phi) is 5.06. The second-order valence-corrected chi connectivity index (χ2v) is 7.24. The number of hydrogen-bond acceptors (Lipinski definition) is 4. The first-order valence-electron chi connectivity index (χ1n) is 8.18. The van der Waals surface area contributed by atoms with Crippen LogP contribution in [-0.4, -0.2) is 37.5 Å². The molecule has 1 aliphatic heterocycles. The van der Waals surface area contributed by atoms with Crippen LogP contribution in [-0.2, 0) is 0 Å². The van der Waals surface area contributed by atoms with Gasteiger partial charge in [-0.1, -0.05) is 15.9 Å². The van der Waals surface area contributed by atoms with Gasteiger partial charge >= 0.3 is 5.63 Å². The van der Waals surface area contributed by atoms with Gasteiger partial charge in [-0.05, 0) is 63.0 Å². The number of nitrogens with one attached hydrogen (secondary N) is 1. The first kappa shape index (κ1) is 17.2. The summed E-state index contributed by atoms with van der Waals surface area (Å²) in [7, 11) is 1.94. The fourth-order valence-electron chi connectivity index (χ4n) is 3.36. The third kappa shape index (κ3) is 3.26. The number of likely N-dealkylation sites (tertiary alicyclic amines) is 1. The van der Waals surface area contributed by atoms with E-state index >= 15 is 0 Å². The lowest BCUT2D eigenvalue weighted by molar-refractivity contribution is 0.0686. The van der Waals surface area contributed by atoms with Crippen LogP contribution in [0, 0.1) is 12.8 Å². The van der Waals surface area contributed by atoms with Crippen LogP contribution in [0.1, 0.15) is 28.8 Å². The molecule has 1 saturated heterocycles. The molecule has 3 rings (SSSR count). The number of carbonyl (C=O) groups is 1. The number of benzene rings is 1. The van der Waals surface area contributed by atoms with Crippen molar-refractivity contribution in [1.29, 1.82) is 0 Å². The summed E-state index contributed by atoms with van der Waals surface area (Å²) >= 11 is 3.42. The monoisotopic (exact) mass is 392 g/mol. The summed E-state index contributed by atoms with van der Waals surface area (Å²) in [5, 5.41) is 3.97. The van der Waals surface area contributed by atoms with Gasteiger partial charge in [-0.3, -0.25) is 4.79 Å². The molecule has 0 radical (unpaired) electrons. The number of nitrogens with zero attached hydrogens (tertiary/aromatic N) is 1. The van der Waals surface area contributed by atoms with E-state index in [2.05, 4.69) is 21.2 Å². The Bertz CT molecular complexity index is 823. The molecule has 0 saturated carbocycles. The predicted molar refractivity (Wildman–Crippen MR) is 97.5 cm³/mol. The van der Waals surface area contributed by atoms with Crippen LogP contribution in [0.25, 0.3) is 11.0 Å². The van der Waals surface area contributed by atoms with Gasteiger partial charge < -0.3 is 14.6 Å². The van der Waals surface area contributed by atoms with Gasteiger partial charge in [0.1, 0.15) is 11.1 Å². The highest BCUT2D eigenvalue weighted by molar-refractivity contribution is 9.10. The molecular formula is C18H21BrN2O3. The Balaban J connectivity index is 1.92. The fourth-order valence-corrected chi connectivity index (χ4v) is 3.72. The van der Waals surface area contributed by atoms with E-state index in [1.807, 2.05) is 26.1 Å². The summed E-state index contributed by atoms with van der Waals surface area (Å²) in [6, 6.07) is 5.44. The zero-order valence-electron chi connectivity index (χ0n) is 13.9. The van der Waals surface area contributed by atoms with E-state index in [-0.39, 0.29) is 11.5 Å². The van der Waals surface area contributed by atoms with Crippen LogP contribution in [0.3, 0.4) is 0 Å². The van der Waals surface area contributed by atoms with Crippen LogP contribution in [0.4, 0.5) is 0 Å². The van der Waals surface area contributed by atoms with Gasteiger partial charge in [0.2, 0.25) is 0 Å². The minimum atomic E-state index is -0.551. The van der Waals surface area contributed by atoms with Crippen LogP contribution in [0.5, 0.6) is 0 Å². The number of piperidine rings is 1. The summed E-state index contributed by atoms with van der Waals surface area (Å²) in [5.41, 5.74) is 0.798. The summed E-state index contributed by atoms with van der Waals surface area (Å²) in [6.45, 7) is 4.14. The summed E-state index contributed by atoms with van der Waals surface area (Å²) < 4.78 is 6.25. The molecule has 1 aromatic heterocycles. The van der Waals surface area contributed by atoms with E-state index in [1.54, 1.807) is 11.0 Å². The van der Waals surface area contributed by atoms with Crippen molar-refractivity contribution in [1.82, 2.24) is 10.2 Å². The molecule has 0 unspecified atom stereocenters. The summed E-state index contributed by atoms with van der Waals surface area (Å²) in [6.07, 6.45) is 1.91. The molecule has 0 atom stereocenters. The van der Waals surface area contributed by atoms with Gasteiger partial charge in [0.15, 0.2) is 0 Å². The molecule has 5 nitrogen and oxygen atoms in total. The van der Waals surface area contributed by atoms with Crippen molar-refractivity contribution in [3.05, 3.63) is 44.2 Å². The molecular weight excluding hydrogens is 372 g/mol. The van der Waals surface area contributed by atoms with Gasteiger partial charge in [0.05, 0.1) is 0 Å². The summed E-state index contributed by atoms with van der Waals surface area (Å²) in [5.74, 6) is 0.371. The van der Waals surface area contributed by atoms with E-state index < -0.39 is 5.63 Å². The zero-order valence-corrected chi connectivity index (χ0v) is 15.5. The number of halogens is 1. The van der Waals surface area contributed by atoms with Crippen LogP contribution in [0.2, 0.25) is 0 Å². The Morgan fingerprint density at radius 3 is 2.75 bits per heavy atom. The van der Waals surface area contributed by atoms with Crippen molar-refractivity contribution in [2.24, 2.45) is 5.92 Å². The number of hydrogen-bond donors (Lipinski definition) is 1. The molecule has 2 aromatic rings. The van der Waals surface area contributed by atoms with E-state index in [9.17, 15) is 9.59 Å². The van der Waals surface area contributed by atoms with E-state index in [0.29, 0.717) is 30.2 Å². The van der Waals surface area contributed by atoms with Gasteiger partial charge in [-0.25, -0.2) is 4.79 Å². The Labute approximate surface area is 149 Å². The van der Waals surface area contributed by atoms with Crippen molar-refractivity contribution in [2.75, 3.05) is 26.7 Å². The molecule has 1 aromatic carbocycles. The molecule has 2 heterocycles. The van der Waals surface area contributed by atoms with Gasteiger partial charge in [-0.2, -0.15) is 0 Å². The normalized spacial score (nSPS) is 15.9. The van der Waals surface area contributed by atoms with Crippen molar-refractivity contribution < 1.29 is 9.21 Å². The molecule has 1 aliphatic rings. The third-order valence-electron chi connectivity index (χ3n) is 4.74. The minimum Gasteiger partial charge on any atom is -0.422 e. The molecule has 0 spiro atoms. The molecule has 0 aliphatic carbocycles. The summed E-state index contributed by atoms with van der Waals surface area (Å²) in [4.78, 5) is 27.0. The minimum absolute atomic E-state index is 0.160. The second kappa shape index (κ2) is 7.07. The highest BCUT2D eigenvalue weighted by Crippen LogP contribution is 2.25. The van der Waals surface area contributed by atoms with E-state index in [1.165, 1.54) is 0 Å². The molecule has 1 N–H and O–H groups in total. The quantitative estimate of drug-likeness (QED) is 0.815. The topological polar surface area (TPSA) is 62.6 Å². The van der Waals surface area contributed by atoms with Crippen molar-refractivity contribution in [3.63, 3.8) is 0 Å². The smallest absolute Gasteiger partial charge is 0.349 e. The van der Waals surface area contributed by atoms with Crippen molar-refractivity contribution in [2.45, 2.75) is 19.8 Å². The van der Waals surface area contributed by atoms with Gasteiger partial charge in [-0.15, -0.1) is 0 Å². The predicted octanol–water partition coefficient (Wildman–Crippen LogP) is 2.94. The van der Waals surface area contributed by atoms with E-state index in [4.69, 9.17) is 4.42 Å². The Morgan fingerprint density at radius 1 is 1.38 bits per heavy atom. The third-order valence-corrected chi connectivity index (χ3v) is 5.23. The largest absolute Gasteiger partial charge is 0.422 e. The van der Waals surface area contributed by atoms with Gasteiger partial charge in [0.25, 0.3) is 5.91 Å². The zero-order chi connectivity index (χ0) is 17.3. The number of aryl methyl sites for hydroxylation is 1. The lowest BCUT2D eigenvalue weighted by atomic mass is 9.96. The Morgan fingerprint density at radius 2 is 2.08 bits per heavy atom. The molecule has 1 fully saturated rings. The number of fused-ring (bicyclic) bond motifs is 1. The Hall–Kier alpha value is -1.66. The highest BCUT2D eigenvalue weighted by Gasteiger charge is 2.27. The number of carbonyl (C=O) groups excluding carboxylic acids is 1. The maximum absolute atomic E-state index is 12.9. The number of amides is 1. The first-order valence-corrected chi connectivity index (χ1v) is 8.97.